The van der Waals surface area contributed by atoms with Crippen molar-refractivity contribution in [2.24, 2.45) is 0 Å². The summed E-state index contributed by atoms with van der Waals surface area (Å²) in [4.78, 5) is 11.1. The van der Waals surface area contributed by atoms with E-state index in [1.165, 1.54) is 0 Å². The topological polar surface area (TPSA) is 35.5 Å². The normalized spacial score (nSPS) is 9.56. The van der Waals surface area contributed by atoms with Crippen LogP contribution in [0, 0.1) is 0 Å². The van der Waals surface area contributed by atoms with Gasteiger partial charge in [0.25, 0.3) is 0 Å². The summed E-state index contributed by atoms with van der Waals surface area (Å²) in [5, 5.41) is 0. The summed E-state index contributed by atoms with van der Waals surface area (Å²) in [6.45, 7) is 5.76. The lowest BCUT2D eigenvalue weighted by molar-refractivity contribution is -0.145. The maximum atomic E-state index is 11.1. The standard InChI is InChI=1S/C13H16O3/c1-3-7-11-8-5-6-9-12(11)16-10-13(14)15-4-2/h3,5-6,8-9H,1,4,7,10H2,2H3. The highest BCUT2D eigenvalue weighted by Gasteiger charge is 2.05. The Morgan fingerprint density at radius 1 is 1.44 bits per heavy atom. The molecule has 0 bridgehead atoms. The van der Waals surface area contributed by atoms with Gasteiger partial charge >= 0.3 is 5.97 Å². The van der Waals surface area contributed by atoms with Crippen molar-refractivity contribution in [2.75, 3.05) is 13.2 Å². The van der Waals surface area contributed by atoms with E-state index >= 15 is 0 Å². The fourth-order valence-electron chi connectivity index (χ4n) is 1.31. The Hall–Kier alpha value is -1.77. The minimum atomic E-state index is -0.351. The van der Waals surface area contributed by atoms with Crippen molar-refractivity contribution < 1.29 is 14.3 Å². The van der Waals surface area contributed by atoms with Crippen molar-refractivity contribution in [1.82, 2.24) is 0 Å². The van der Waals surface area contributed by atoms with Crippen LogP contribution in [0.15, 0.2) is 36.9 Å². The average molecular weight is 220 g/mol. The molecule has 1 aromatic rings. The highest BCUT2D eigenvalue weighted by molar-refractivity contribution is 5.71. The summed E-state index contributed by atoms with van der Waals surface area (Å²) in [6, 6.07) is 7.57. The molecule has 0 aliphatic rings. The van der Waals surface area contributed by atoms with Gasteiger partial charge in [-0.1, -0.05) is 24.3 Å². The first-order valence-corrected chi connectivity index (χ1v) is 5.25. The van der Waals surface area contributed by atoms with Crippen molar-refractivity contribution in [1.29, 1.82) is 0 Å². The SMILES string of the molecule is C=CCc1ccccc1OCC(=O)OCC. The molecule has 0 saturated heterocycles. The van der Waals surface area contributed by atoms with E-state index in [1.54, 1.807) is 13.0 Å². The molecule has 0 spiro atoms. The van der Waals surface area contributed by atoms with Gasteiger partial charge in [0.2, 0.25) is 0 Å². The average Bonchev–Trinajstić information content (AvgIpc) is 2.29. The maximum absolute atomic E-state index is 11.1. The molecule has 16 heavy (non-hydrogen) atoms. The fraction of sp³-hybridized carbons (Fsp3) is 0.308. The molecule has 0 unspecified atom stereocenters. The van der Waals surface area contributed by atoms with Gasteiger partial charge in [0.05, 0.1) is 6.61 Å². The molecule has 1 rings (SSSR count). The molecule has 0 amide bonds. The quantitative estimate of drug-likeness (QED) is 0.545. The predicted octanol–water partition coefficient (Wildman–Crippen LogP) is 2.36. The minimum absolute atomic E-state index is 0.0536. The molecule has 0 radical (unpaired) electrons. The van der Waals surface area contributed by atoms with Crippen LogP contribution in [0.25, 0.3) is 0 Å². The van der Waals surface area contributed by atoms with Gasteiger partial charge in [0, 0.05) is 0 Å². The number of carbonyl (C=O) groups excluding carboxylic acids is 1. The molecule has 0 fully saturated rings. The van der Waals surface area contributed by atoms with Crippen LogP contribution in [0.4, 0.5) is 0 Å². The summed E-state index contributed by atoms with van der Waals surface area (Å²) in [5.74, 6) is 0.353. The zero-order chi connectivity index (χ0) is 11.8. The van der Waals surface area contributed by atoms with Gasteiger partial charge in [-0.05, 0) is 25.0 Å². The second kappa shape index (κ2) is 6.67. The largest absolute Gasteiger partial charge is 0.482 e. The van der Waals surface area contributed by atoms with E-state index < -0.39 is 0 Å². The monoisotopic (exact) mass is 220 g/mol. The highest BCUT2D eigenvalue weighted by atomic mass is 16.6. The third-order valence-corrected chi connectivity index (χ3v) is 1.99. The Bertz CT molecular complexity index is 358. The van der Waals surface area contributed by atoms with Gasteiger partial charge in [-0.2, -0.15) is 0 Å². The maximum Gasteiger partial charge on any atom is 0.344 e. The van der Waals surface area contributed by atoms with Crippen LogP contribution in [0.2, 0.25) is 0 Å². The first-order valence-electron chi connectivity index (χ1n) is 5.25. The van der Waals surface area contributed by atoms with E-state index in [0.29, 0.717) is 12.4 Å². The Kier molecular flexibility index (Phi) is 5.12. The van der Waals surface area contributed by atoms with Gasteiger partial charge in [-0.15, -0.1) is 6.58 Å². The molecule has 1 aromatic carbocycles. The molecular formula is C13H16O3. The Morgan fingerprint density at radius 2 is 2.19 bits per heavy atom. The summed E-state index contributed by atoms with van der Waals surface area (Å²) in [6.07, 6.45) is 2.52. The summed E-state index contributed by atoms with van der Waals surface area (Å²) < 4.78 is 10.2. The van der Waals surface area contributed by atoms with Gasteiger partial charge in [0.1, 0.15) is 5.75 Å². The minimum Gasteiger partial charge on any atom is -0.482 e. The zero-order valence-electron chi connectivity index (χ0n) is 9.44. The lowest BCUT2D eigenvalue weighted by Crippen LogP contribution is -2.15. The Labute approximate surface area is 95.7 Å². The number of allylic oxidation sites excluding steroid dienone is 1. The van der Waals surface area contributed by atoms with Crippen LogP contribution >= 0.6 is 0 Å². The number of hydrogen-bond acceptors (Lipinski definition) is 3. The van der Waals surface area contributed by atoms with Crippen LogP contribution in [-0.2, 0) is 16.0 Å². The molecule has 0 aliphatic heterocycles. The molecule has 3 heteroatoms. The number of rotatable bonds is 6. The zero-order valence-corrected chi connectivity index (χ0v) is 9.44. The van der Waals surface area contributed by atoms with Crippen LogP contribution in [0.3, 0.4) is 0 Å². The number of esters is 1. The number of benzene rings is 1. The lowest BCUT2D eigenvalue weighted by atomic mass is 10.1. The molecular weight excluding hydrogens is 204 g/mol. The number of ether oxygens (including phenoxy) is 2. The smallest absolute Gasteiger partial charge is 0.344 e. The van der Waals surface area contributed by atoms with Gasteiger partial charge in [0.15, 0.2) is 6.61 Å². The summed E-state index contributed by atoms with van der Waals surface area (Å²) >= 11 is 0. The molecule has 0 saturated carbocycles. The van der Waals surface area contributed by atoms with E-state index in [-0.39, 0.29) is 12.6 Å². The molecule has 3 nitrogen and oxygen atoms in total. The number of hydrogen-bond donors (Lipinski definition) is 0. The first-order chi connectivity index (χ1) is 7.77. The summed E-state index contributed by atoms with van der Waals surface area (Å²) in [7, 11) is 0. The van der Waals surface area contributed by atoms with Crippen LogP contribution in [0.5, 0.6) is 5.75 Å². The molecule has 0 atom stereocenters. The van der Waals surface area contributed by atoms with Crippen LogP contribution < -0.4 is 4.74 Å². The molecule has 0 aromatic heterocycles. The second-order valence-electron chi connectivity index (χ2n) is 3.19. The van der Waals surface area contributed by atoms with E-state index in [2.05, 4.69) is 6.58 Å². The third-order valence-electron chi connectivity index (χ3n) is 1.99. The van der Waals surface area contributed by atoms with Crippen molar-refractivity contribution in [2.45, 2.75) is 13.3 Å². The number of para-hydroxylation sites is 1. The van der Waals surface area contributed by atoms with Gasteiger partial charge < -0.3 is 9.47 Å². The molecule has 0 N–H and O–H groups in total. The van der Waals surface area contributed by atoms with Crippen molar-refractivity contribution in [3.63, 3.8) is 0 Å². The summed E-state index contributed by atoms with van der Waals surface area (Å²) in [5.41, 5.74) is 1.02. The van der Waals surface area contributed by atoms with Crippen LogP contribution in [-0.4, -0.2) is 19.2 Å². The van der Waals surface area contributed by atoms with E-state index in [9.17, 15) is 4.79 Å². The lowest BCUT2D eigenvalue weighted by Gasteiger charge is -2.09. The first kappa shape index (κ1) is 12.3. The fourth-order valence-corrected chi connectivity index (χ4v) is 1.31. The van der Waals surface area contributed by atoms with Crippen molar-refractivity contribution >= 4 is 5.97 Å². The van der Waals surface area contributed by atoms with E-state index in [1.807, 2.05) is 24.3 Å². The second-order valence-corrected chi connectivity index (χ2v) is 3.19. The Morgan fingerprint density at radius 3 is 2.88 bits per heavy atom. The predicted molar refractivity (Wildman–Crippen MR) is 62.5 cm³/mol. The molecule has 86 valence electrons. The van der Waals surface area contributed by atoms with E-state index in [4.69, 9.17) is 9.47 Å². The Balaban J connectivity index is 2.58. The van der Waals surface area contributed by atoms with Crippen molar-refractivity contribution in [3.8, 4) is 5.75 Å². The van der Waals surface area contributed by atoms with Crippen LogP contribution in [0.1, 0.15) is 12.5 Å². The van der Waals surface area contributed by atoms with Gasteiger partial charge in [-0.3, -0.25) is 0 Å². The van der Waals surface area contributed by atoms with Gasteiger partial charge in [-0.25, -0.2) is 4.79 Å². The third kappa shape index (κ3) is 3.77. The molecule has 0 heterocycles. The van der Waals surface area contributed by atoms with E-state index in [0.717, 1.165) is 12.0 Å². The molecule has 0 aliphatic carbocycles. The number of carbonyl (C=O) groups is 1. The van der Waals surface area contributed by atoms with Crippen molar-refractivity contribution in [3.05, 3.63) is 42.5 Å². The highest BCUT2D eigenvalue weighted by Crippen LogP contribution is 2.18.